The van der Waals surface area contributed by atoms with Gasteiger partial charge < -0.3 is 10.1 Å². The quantitative estimate of drug-likeness (QED) is 0.542. The van der Waals surface area contributed by atoms with E-state index in [0.29, 0.717) is 24.1 Å². The van der Waals surface area contributed by atoms with E-state index < -0.39 is 0 Å². The number of rotatable bonds is 7. The van der Waals surface area contributed by atoms with Crippen LogP contribution in [0.5, 0.6) is 5.75 Å². The molecule has 1 fully saturated rings. The van der Waals surface area contributed by atoms with Crippen LogP contribution in [-0.4, -0.2) is 29.5 Å². The molecule has 0 spiro atoms. The Labute approximate surface area is 175 Å². The molecule has 2 aromatic carbocycles. The number of carbonyl (C=O) groups excluding carboxylic acids is 1. The van der Waals surface area contributed by atoms with Crippen molar-refractivity contribution in [3.63, 3.8) is 0 Å². The topological polar surface area (TPSA) is 67.0 Å². The van der Waals surface area contributed by atoms with Crippen molar-refractivity contribution in [1.29, 1.82) is 0 Å². The lowest BCUT2D eigenvalue weighted by molar-refractivity contribution is -0.115. The number of hydrogen-bond donors (Lipinski definition) is 2. The van der Waals surface area contributed by atoms with Gasteiger partial charge in [0.1, 0.15) is 11.6 Å². The lowest BCUT2D eigenvalue weighted by Crippen LogP contribution is -2.21. The van der Waals surface area contributed by atoms with E-state index in [4.69, 9.17) is 4.74 Å². The molecule has 0 atom stereocenters. The van der Waals surface area contributed by atoms with E-state index in [9.17, 15) is 4.79 Å². The van der Waals surface area contributed by atoms with Gasteiger partial charge in [-0.2, -0.15) is 5.10 Å². The monoisotopic (exact) mass is 407 g/mol. The molecule has 1 aliphatic carbocycles. The van der Waals surface area contributed by atoms with Crippen molar-refractivity contribution in [2.75, 3.05) is 18.7 Å². The summed E-state index contributed by atoms with van der Waals surface area (Å²) in [6, 6.07) is 18.1. The molecular weight excluding hydrogens is 382 g/mol. The third-order valence-electron chi connectivity index (χ3n) is 5.53. The van der Waals surface area contributed by atoms with Crippen LogP contribution in [0, 0.1) is 0 Å². The molecule has 6 heteroatoms. The molecule has 0 saturated heterocycles. The SMILES string of the molecule is COc1ccc(CC(=O)Nc2cc([C@H]3C[C@@H](c4ccccc4SC)C3)n[nH]2)cc1. The fourth-order valence-electron chi connectivity index (χ4n) is 3.85. The van der Waals surface area contributed by atoms with E-state index in [-0.39, 0.29) is 5.91 Å². The standard InChI is InChI=1S/C23H25N3O2S/c1-28-18-9-7-15(8-10-18)11-23(27)24-22-14-20(25-26-22)17-12-16(13-17)19-5-3-4-6-21(19)29-2/h3-10,14,16-17H,11-13H2,1-2H3,(H2,24,25,26,27)/t16-,17+. The number of anilines is 1. The number of nitrogens with zero attached hydrogens (tertiary/aromatic N) is 1. The van der Waals surface area contributed by atoms with Crippen LogP contribution in [0.4, 0.5) is 5.82 Å². The van der Waals surface area contributed by atoms with Crippen LogP contribution < -0.4 is 10.1 Å². The van der Waals surface area contributed by atoms with Crippen LogP contribution in [0.1, 0.15) is 41.5 Å². The average Bonchev–Trinajstić information content (AvgIpc) is 3.15. The third kappa shape index (κ3) is 4.48. The van der Waals surface area contributed by atoms with E-state index >= 15 is 0 Å². The van der Waals surface area contributed by atoms with Gasteiger partial charge in [0.2, 0.25) is 5.91 Å². The van der Waals surface area contributed by atoms with Crippen molar-refractivity contribution in [3.05, 3.63) is 71.4 Å². The summed E-state index contributed by atoms with van der Waals surface area (Å²) < 4.78 is 5.14. The molecule has 3 aromatic rings. The van der Waals surface area contributed by atoms with Crippen molar-refractivity contribution in [1.82, 2.24) is 10.2 Å². The molecule has 4 rings (SSSR count). The minimum Gasteiger partial charge on any atom is -0.497 e. The summed E-state index contributed by atoms with van der Waals surface area (Å²) in [5.41, 5.74) is 3.42. The predicted molar refractivity (Wildman–Crippen MR) is 117 cm³/mol. The summed E-state index contributed by atoms with van der Waals surface area (Å²) in [6.45, 7) is 0. The number of carbonyl (C=O) groups is 1. The molecule has 0 unspecified atom stereocenters. The maximum Gasteiger partial charge on any atom is 0.229 e. The van der Waals surface area contributed by atoms with E-state index in [1.807, 2.05) is 42.1 Å². The van der Waals surface area contributed by atoms with Gasteiger partial charge in [0.15, 0.2) is 0 Å². The van der Waals surface area contributed by atoms with Crippen molar-refractivity contribution >= 4 is 23.5 Å². The van der Waals surface area contributed by atoms with Gasteiger partial charge in [-0.25, -0.2) is 0 Å². The number of nitrogens with one attached hydrogen (secondary N) is 2. The summed E-state index contributed by atoms with van der Waals surface area (Å²) in [6.07, 6.45) is 4.64. The van der Waals surface area contributed by atoms with Gasteiger partial charge in [-0.15, -0.1) is 11.8 Å². The number of hydrogen-bond acceptors (Lipinski definition) is 4. The molecule has 29 heavy (non-hydrogen) atoms. The molecule has 1 heterocycles. The minimum atomic E-state index is -0.0641. The van der Waals surface area contributed by atoms with Gasteiger partial charge in [-0.3, -0.25) is 9.89 Å². The molecule has 0 aliphatic heterocycles. The Hall–Kier alpha value is -2.73. The summed E-state index contributed by atoms with van der Waals surface area (Å²) in [5, 5.41) is 10.3. The molecule has 5 nitrogen and oxygen atoms in total. The first-order valence-corrected chi connectivity index (χ1v) is 11.0. The number of thioether (sulfide) groups is 1. The van der Waals surface area contributed by atoms with Crippen LogP contribution in [0.2, 0.25) is 0 Å². The largest absolute Gasteiger partial charge is 0.497 e. The van der Waals surface area contributed by atoms with Crippen molar-refractivity contribution in [2.45, 2.75) is 36.0 Å². The molecular formula is C23H25N3O2S. The van der Waals surface area contributed by atoms with E-state index in [1.165, 1.54) is 10.5 Å². The highest BCUT2D eigenvalue weighted by atomic mass is 32.2. The molecule has 1 amide bonds. The Kier molecular flexibility index (Phi) is 5.90. The van der Waals surface area contributed by atoms with Crippen molar-refractivity contribution in [2.24, 2.45) is 0 Å². The predicted octanol–water partition coefficient (Wildman–Crippen LogP) is 4.98. The van der Waals surface area contributed by atoms with Crippen molar-refractivity contribution < 1.29 is 9.53 Å². The van der Waals surface area contributed by atoms with Gasteiger partial charge in [0.25, 0.3) is 0 Å². The zero-order valence-electron chi connectivity index (χ0n) is 16.6. The zero-order chi connectivity index (χ0) is 20.2. The summed E-state index contributed by atoms with van der Waals surface area (Å²) in [4.78, 5) is 13.7. The zero-order valence-corrected chi connectivity index (χ0v) is 17.5. The lowest BCUT2D eigenvalue weighted by atomic mass is 9.70. The number of H-pyrrole nitrogens is 1. The number of aromatic amines is 1. The van der Waals surface area contributed by atoms with E-state index in [1.54, 1.807) is 7.11 Å². The maximum absolute atomic E-state index is 12.3. The van der Waals surface area contributed by atoms with Gasteiger partial charge in [-0.1, -0.05) is 30.3 Å². The van der Waals surface area contributed by atoms with E-state index in [2.05, 4.69) is 46.0 Å². The van der Waals surface area contributed by atoms with Gasteiger partial charge in [-0.05, 0) is 54.3 Å². The first-order valence-electron chi connectivity index (χ1n) is 9.77. The van der Waals surface area contributed by atoms with Crippen LogP contribution in [0.3, 0.4) is 0 Å². The average molecular weight is 408 g/mol. The first-order chi connectivity index (χ1) is 14.2. The van der Waals surface area contributed by atoms with Crippen LogP contribution in [-0.2, 0) is 11.2 Å². The lowest BCUT2D eigenvalue weighted by Gasteiger charge is -2.35. The highest BCUT2D eigenvalue weighted by molar-refractivity contribution is 7.98. The third-order valence-corrected chi connectivity index (χ3v) is 6.34. The Morgan fingerprint density at radius 2 is 1.93 bits per heavy atom. The Balaban J connectivity index is 1.31. The molecule has 1 aromatic heterocycles. The number of methoxy groups -OCH3 is 1. The first kappa shape index (κ1) is 19.6. The molecule has 2 N–H and O–H groups in total. The molecule has 0 radical (unpaired) electrons. The van der Waals surface area contributed by atoms with E-state index in [0.717, 1.165) is 29.8 Å². The normalized spacial score (nSPS) is 18.1. The maximum atomic E-state index is 12.3. The summed E-state index contributed by atoms with van der Waals surface area (Å²) in [7, 11) is 1.63. The summed E-state index contributed by atoms with van der Waals surface area (Å²) in [5.74, 6) is 2.41. The number of benzene rings is 2. The second-order valence-corrected chi connectivity index (χ2v) is 8.23. The molecule has 1 aliphatic rings. The number of ether oxygens (including phenoxy) is 1. The Bertz CT molecular complexity index is 978. The van der Waals surface area contributed by atoms with Crippen LogP contribution in [0.15, 0.2) is 59.5 Å². The molecule has 1 saturated carbocycles. The summed E-state index contributed by atoms with van der Waals surface area (Å²) >= 11 is 1.81. The smallest absolute Gasteiger partial charge is 0.229 e. The van der Waals surface area contributed by atoms with Crippen LogP contribution >= 0.6 is 11.8 Å². The fraction of sp³-hybridized carbons (Fsp3) is 0.304. The highest BCUT2D eigenvalue weighted by Gasteiger charge is 2.34. The highest BCUT2D eigenvalue weighted by Crippen LogP contribution is 2.49. The van der Waals surface area contributed by atoms with Crippen LogP contribution in [0.25, 0.3) is 0 Å². The Morgan fingerprint density at radius 1 is 1.17 bits per heavy atom. The number of aromatic nitrogens is 2. The molecule has 150 valence electrons. The Morgan fingerprint density at radius 3 is 2.66 bits per heavy atom. The van der Waals surface area contributed by atoms with Crippen molar-refractivity contribution in [3.8, 4) is 5.75 Å². The second-order valence-electron chi connectivity index (χ2n) is 7.39. The number of amides is 1. The van der Waals surface area contributed by atoms with Gasteiger partial charge >= 0.3 is 0 Å². The molecule has 0 bridgehead atoms. The van der Waals surface area contributed by atoms with Gasteiger partial charge in [0, 0.05) is 16.9 Å². The second kappa shape index (κ2) is 8.74. The fourth-order valence-corrected chi connectivity index (χ4v) is 4.54. The minimum absolute atomic E-state index is 0.0641. The van der Waals surface area contributed by atoms with Gasteiger partial charge in [0.05, 0.1) is 19.2 Å².